The molecule has 0 radical (unpaired) electrons. The Morgan fingerprint density at radius 1 is 0.739 bits per heavy atom. The Kier molecular flexibility index (Phi) is 4.52. The Balaban J connectivity index is 2.04. The number of hydrogen-bond acceptors (Lipinski definition) is 0. The summed E-state index contributed by atoms with van der Waals surface area (Å²) in [6.07, 6.45) is 0. The standard InChI is InChI=1S/C21H26P2/c1-12-8-14(3)18(15(4)9-12)20-22-21(23(20)7)19-16(5)10-13(2)11-17(19)6/h8-11,20H,1-7H3. The molecule has 1 aliphatic rings. The summed E-state index contributed by atoms with van der Waals surface area (Å²) in [5.74, 6) is 0. The zero-order valence-corrected chi connectivity index (χ0v) is 17.1. The van der Waals surface area contributed by atoms with Crippen molar-refractivity contribution >= 4 is 21.2 Å². The van der Waals surface area contributed by atoms with Gasteiger partial charge in [-0.2, -0.15) is 0 Å². The molecule has 2 aromatic carbocycles. The summed E-state index contributed by atoms with van der Waals surface area (Å²) in [6, 6.07) is 9.37. The maximum Gasteiger partial charge on any atom is 0.0511 e. The van der Waals surface area contributed by atoms with Crippen molar-refractivity contribution in [3.05, 3.63) is 68.8 Å². The van der Waals surface area contributed by atoms with Crippen molar-refractivity contribution in [1.29, 1.82) is 0 Å². The third-order valence-electron chi connectivity index (χ3n) is 4.84. The predicted octanol–water partition coefficient (Wildman–Crippen LogP) is 6.79. The van der Waals surface area contributed by atoms with Crippen LogP contribution in [0.3, 0.4) is 0 Å². The summed E-state index contributed by atoms with van der Waals surface area (Å²) in [5.41, 5.74) is 11.8. The minimum atomic E-state index is -0.0769. The Morgan fingerprint density at radius 3 is 1.61 bits per heavy atom. The molecule has 0 saturated heterocycles. The molecule has 2 unspecified atom stereocenters. The van der Waals surface area contributed by atoms with Crippen LogP contribution in [0.2, 0.25) is 0 Å². The Bertz CT molecular complexity index is 769. The second-order valence-corrected chi connectivity index (χ2v) is 11.2. The fourth-order valence-corrected chi connectivity index (χ4v) is 8.94. The first-order chi connectivity index (χ1) is 10.8. The SMILES string of the molecule is Cc1cc(C)c(C2=PC(c3c(C)cc(C)cc3C)P2C)c(C)c1. The van der Waals surface area contributed by atoms with Gasteiger partial charge in [0.25, 0.3) is 0 Å². The third-order valence-corrected chi connectivity index (χ3v) is 10.4. The molecule has 120 valence electrons. The van der Waals surface area contributed by atoms with Gasteiger partial charge in [-0.05, 0) is 81.6 Å². The molecule has 3 rings (SSSR count). The second kappa shape index (κ2) is 6.16. The van der Waals surface area contributed by atoms with Crippen LogP contribution in [0.5, 0.6) is 0 Å². The first-order valence-electron chi connectivity index (χ1n) is 8.26. The molecule has 1 heterocycles. The van der Waals surface area contributed by atoms with Crippen LogP contribution in [0.25, 0.3) is 0 Å². The second-order valence-electron chi connectivity index (χ2n) is 7.02. The van der Waals surface area contributed by atoms with Gasteiger partial charge >= 0.3 is 0 Å². The van der Waals surface area contributed by atoms with E-state index in [1.54, 1.807) is 16.2 Å². The highest BCUT2D eigenvalue weighted by Crippen LogP contribution is 2.69. The van der Waals surface area contributed by atoms with Crippen LogP contribution in [0.1, 0.15) is 49.9 Å². The fraction of sp³-hybridized carbons (Fsp3) is 0.381. The summed E-state index contributed by atoms with van der Waals surface area (Å²) in [4.78, 5) is 0. The lowest BCUT2D eigenvalue weighted by Gasteiger charge is -2.37. The molecule has 0 bridgehead atoms. The summed E-state index contributed by atoms with van der Waals surface area (Å²) in [6.45, 7) is 16.0. The van der Waals surface area contributed by atoms with E-state index in [1.165, 1.54) is 41.6 Å². The third kappa shape index (κ3) is 2.93. The quantitative estimate of drug-likeness (QED) is 0.528. The van der Waals surface area contributed by atoms with Gasteiger partial charge in [-0.3, -0.25) is 0 Å². The van der Waals surface area contributed by atoms with Crippen LogP contribution in [0, 0.1) is 41.5 Å². The first kappa shape index (κ1) is 16.9. The van der Waals surface area contributed by atoms with E-state index in [2.05, 4.69) is 72.5 Å². The maximum absolute atomic E-state index is 2.48. The van der Waals surface area contributed by atoms with Crippen molar-refractivity contribution in [1.82, 2.24) is 0 Å². The highest BCUT2D eigenvalue weighted by Gasteiger charge is 2.34. The molecule has 0 fully saturated rings. The van der Waals surface area contributed by atoms with Crippen LogP contribution in [-0.2, 0) is 0 Å². The van der Waals surface area contributed by atoms with Gasteiger partial charge in [-0.1, -0.05) is 51.5 Å². The average molecular weight is 340 g/mol. The number of benzene rings is 2. The lowest BCUT2D eigenvalue weighted by molar-refractivity contribution is 1.19. The summed E-state index contributed by atoms with van der Waals surface area (Å²) in [7, 11) is 1.46. The minimum Gasteiger partial charge on any atom is -0.0820 e. The molecule has 0 spiro atoms. The van der Waals surface area contributed by atoms with E-state index in [0.29, 0.717) is 0 Å². The van der Waals surface area contributed by atoms with Crippen LogP contribution < -0.4 is 0 Å². The molecule has 1 aliphatic heterocycles. The van der Waals surface area contributed by atoms with Crippen molar-refractivity contribution < 1.29 is 0 Å². The molecule has 0 aliphatic carbocycles. The monoisotopic (exact) mass is 340 g/mol. The van der Waals surface area contributed by atoms with Crippen molar-refractivity contribution in [3.8, 4) is 0 Å². The van der Waals surface area contributed by atoms with Gasteiger partial charge in [0.1, 0.15) is 0 Å². The van der Waals surface area contributed by atoms with Crippen LogP contribution in [0.4, 0.5) is 0 Å². The normalized spacial score (nSPS) is 20.9. The molecule has 2 aromatic rings. The molecule has 2 heteroatoms. The van der Waals surface area contributed by atoms with Crippen LogP contribution in [-0.4, -0.2) is 11.7 Å². The lowest BCUT2D eigenvalue weighted by atomic mass is 10.0. The lowest BCUT2D eigenvalue weighted by Crippen LogP contribution is -2.14. The van der Waals surface area contributed by atoms with Gasteiger partial charge in [0.15, 0.2) is 0 Å². The van der Waals surface area contributed by atoms with E-state index >= 15 is 0 Å². The van der Waals surface area contributed by atoms with E-state index in [9.17, 15) is 0 Å². The van der Waals surface area contributed by atoms with Gasteiger partial charge in [-0.25, -0.2) is 0 Å². The van der Waals surface area contributed by atoms with Gasteiger partial charge in [0, 0.05) is 5.03 Å². The van der Waals surface area contributed by atoms with Crippen LogP contribution in [0.15, 0.2) is 24.3 Å². The Hall–Kier alpha value is -0.960. The van der Waals surface area contributed by atoms with Crippen LogP contribution >= 0.6 is 16.1 Å². The largest absolute Gasteiger partial charge is 0.0820 e. The summed E-state index contributed by atoms with van der Waals surface area (Å²) >= 11 is 0. The van der Waals surface area contributed by atoms with Gasteiger partial charge < -0.3 is 0 Å². The molecule has 23 heavy (non-hydrogen) atoms. The molecule has 0 amide bonds. The fourth-order valence-electron chi connectivity index (χ4n) is 3.98. The average Bonchev–Trinajstić information content (AvgIpc) is 2.42. The summed E-state index contributed by atoms with van der Waals surface area (Å²) < 4.78 is 0. The molecular weight excluding hydrogens is 314 g/mol. The highest BCUT2D eigenvalue weighted by atomic mass is 31.2. The van der Waals surface area contributed by atoms with Crippen molar-refractivity contribution in [2.24, 2.45) is 0 Å². The van der Waals surface area contributed by atoms with Crippen molar-refractivity contribution in [3.63, 3.8) is 0 Å². The number of rotatable bonds is 2. The van der Waals surface area contributed by atoms with E-state index in [-0.39, 0.29) is 7.92 Å². The van der Waals surface area contributed by atoms with Gasteiger partial charge in [0.05, 0.1) is 5.40 Å². The molecule has 0 saturated carbocycles. The van der Waals surface area contributed by atoms with E-state index in [0.717, 1.165) is 5.40 Å². The van der Waals surface area contributed by atoms with Gasteiger partial charge in [0.2, 0.25) is 0 Å². The van der Waals surface area contributed by atoms with Gasteiger partial charge in [-0.15, -0.1) is 0 Å². The van der Waals surface area contributed by atoms with Crippen molar-refractivity contribution in [2.45, 2.75) is 46.9 Å². The van der Waals surface area contributed by atoms with E-state index in [4.69, 9.17) is 0 Å². The zero-order chi connectivity index (χ0) is 16.9. The molecule has 0 N–H and O–H groups in total. The molecule has 0 aromatic heterocycles. The molecule has 2 atom stereocenters. The van der Waals surface area contributed by atoms with E-state index < -0.39 is 0 Å². The molecule has 0 nitrogen and oxygen atoms in total. The first-order valence-corrected chi connectivity index (χ1v) is 11.1. The Labute approximate surface area is 143 Å². The summed E-state index contributed by atoms with van der Waals surface area (Å²) in [5, 5.41) is 2.42. The number of aryl methyl sites for hydroxylation is 6. The Morgan fingerprint density at radius 2 is 1.17 bits per heavy atom. The number of hydrogen-bond donors (Lipinski definition) is 0. The maximum atomic E-state index is 2.48. The van der Waals surface area contributed by atoms with Crippen molar-refractivity contribution in [2.75, 3.05) is 6.66 Å². The topological polar surface area (TPSA) is 0 Å². The zero-order valence-electron chi connectivity index (χ0n) is 15.3. The predicted molar refractivity (Wildman–Crippen MR) is 108 cm³/mol. The molecular formula is C21H26P2. The smallest absolute Gasteiger partial charge is 0.0511 e. The highest BCUT2D eigenvalue weighted by molar-refractivity contribution is 7.98. The minimum absolute atomic E-state index is 0.0769. The van der Waals surface area contributed by atoms with E-state index in [1.807, 2.05) is 0 Å².